The third-order valence-electron chi connectivity index (χ3n) is 4.93. The summed E-state index contributed by atoms with van der Waals surface area (Å²) in [6, 6.07) is 0.923. The van der Waals surface area contributed by atoms with Crippen LogP contribution in [0.5, 0.6) is 0 Å². The van der Waals surface area contributed by atoms with Gasteiger partial charge in [0.05, 0.1) is 11.5 Å². The summed E-state index contributed by atoms with van der Waals surface area (Å²) in [5.74, 6) is 1.49. The molecule has 5 heteroatoms. The third-order valence-corrected chi connectivity index (χ3v) is 6.65. The van der Waals surface area contributed by atoms with Crippen LogP contribution in [0.25, 0.3) is 0 Å². The Morgan fingerprint density at radius 3 is 2.30 bits per heavy atom. The van der Waals surface area contributed by atoms with Gasteiger partial charge in [-0.25, -0.2) is 8.42 Å². The zero-order chi connectivity index (χ0) is 14.6. The van der Waals surface area contributed by atoms with Crippen LogP contribution in [0.4, 0.5) is 0 Å². The first kappa shape index (κ1) is 16.2. The molecule has 1 unspecified atom stereocenters. The van der Waals surface area contributed by atoms with Crippen LogP contribution in [0.3, 0.4) is 0 Å². The molecule has 2 aliphatic heterocycles. The van der Waals surface area contributed by atoms with Crippen molar-refractivity contribution in [3.8, 4) is 0 Å². The van der Waals surface area contributed by atoms with Crippen LogP contribution in [0.2, 0.25) is 0 Å². The largest absolute Gasteiger partial charge is 0.311 e. The summed E-state index contributed by atoms with van der Waals surface area (Å²) in [5.41, 5.74) is 0. The maximum Gasteiger partial charge on any atom is 0.150 e. The van der Waals surface area contributed by atoms with E-state index in [0.717, 1.165) is 18.8 Å². The van der Waals surface area contributed by atoms with Gasteiger partial charge in [0.25, 0.3) is 0 Å². The molecule has 0 radical (unpaired) electrons. The van der Waals surface area contributed by atoms with Crippen molar-refractivity contribution in [2.45, 2.75) is 58.0 Å². The first-order valence-corrected chi connectivity index (χ1v) is 10.0. The molecule has 2 saturated heterocycles. The third kappa shape index (κ3) is 4.71. The fourth-order valence-electron chi connectivity index (χ4n) is 3.56. The highest BCUT2D eigenvalue weighted by atomic mass is 32.2. The number of rotatable bonds is 5. The van der Waals surface area contributed by atoms with Crippen molar-refractivity contribution in [3.05, 3.63) is 0 Å². The summed E-state index contributed by atoms with van der Waals surface area (Å²) in [6.45, 7) is 8.21. The van der Waals surface area contributed by atoms with Crippen LogP contribution in [-0.4, -0.2) is 56.5 Å². The lowest BCUT2D eigenvalue weighted by molar-refractivity contribution is 0.157. The van der Waals surface area contributed by atoms with Crippen LogP contribution < -0.4 is 5.32 Å². The molecule has 1 N–H and O–H groups in total. The minimum absolute atomic E-state index is 0.367. The number of likely N-dealkylation sites (tertiary alicyclic amines) is 1. The molecule has 0 spiro atoms. The molecular formula is C15H30N2O2S. The summed E-state index contributed by atoms with van der Waals surface area (Å²) in [4.78, 5) is 2.57. The number of piperidine rings is 1. The van der Waals surface area contributed by atoms with Gasteiger partial charge in [0.2, 0.25) is 0 Å². The molecule has 4 nitrogen and oxygen atoms in total. The van der Waals surface area contributed by atoms with Gasteiger partial charge in [-0.05, 0) is 64.6 Å². The molecule has 0 bridgehead atoms. The van der Waals surface area contributed by atoms with Gasteiger partial charge in [-0.15, -0.1) is 0 Å². The van der Waals surface area contributed by atoms with Crippen molar-refractivity contribution in [2.75, 3.05) is 31.1 Å². The van der Waals surface area contributed by atoms with Crippen molar-refractivity contribution in [2.24, 2.45) is 5.92 Å². The average molecular weight is 302 g/mol. The van der Waals surface area contributed by atoms with Gasteiger partial charge in [0, 0.05) is 12.1 Å². The topological polar surface area (TPSA) is 49.4 Å². The van der Waals surface area contributed by atoms with Crippen molar-refractivity contribution in [1.29, 1.82) is 0 Å². The lowest BCUT2D eigenvalue weighted by atomic mass is 9.89. The molecule has 2 rings (SSSR count). The Kier molecular flexibility index (Phi) is 5.87. The van der Waals surface area contributed by atoms with Gasteiger partial charge in [0.15, 0.2) is 0 Å². The molecule has 0 aromatic heterocycles. The van der Waals surface area contributed by atoms with Gasteiger partial charge >= 0.3 is 0 Å². The summed E-state index contributed by atoms with van der Waals surface area (Å²) < 4.78 is 22.9. The van der Waals surface area contributed by atoms with E-state index in [-0.39, 0.29) is 0 Å². The Balaban J connectivity index is 1.72. The predicted octanol–water partition coefficient (Wildman–Crippen LogP) is 1.66. The van der Waals surface area contributed by atoms with E-state index in [1.54, 1.807) is 0 Å². The van der Waals surface area contributed by atoms with Gasteiger partial charge in [-0.3, -0.25) is 0 Å². The summed E-state index contributed by atoms with van der Waals surface area (Å²) >= 11 is 0. The van der Waals surface area contributed by atoms with Crippen molar-refractivity contribution < 1.29 is 8.42 Å². The number of sulfone groups is 1. The Labute approximate surface area is 124 Å². The van der Waals surface area contributed by atoms with Crippen molar-refractivity contribution in [1.82, 2.24) is 10.2 Å². The molecule has 0 amide bonds. The maximum atomic E-state index is 11.4. The van der Waals surface area contributed by atoms with Crippen LogP contribution in [0.15, 0.2) is 0 Å². The molecule has 0 aromatic carbocycles. The zero-order valence-electron chi connectivity index (χ0n) is 13.0. The first-order chi connectivity index (χ1) is 9.50. The lowest BCUT2D eigenvalue weighted by Crippen LogP contribution is -2.47. The van der Waals surface area contributed by atoms with Gasteiger partial charge in [-0.2, -0.15) is 0 Å². The van der Waals surface area contributed by atoms with Crippen molar-refractivity contribution in [3.63, 3.8) is 0 Å². The fraction of sp³-hybridized carbons (Fsp3) is 1.00. The van der Waals surface area contributed by atoms with Gasteiger partial charge < -0.3 is 10.2 Å². The van der Waals surface area contributed by atoms with Gasteiger partial charge in [0.1, 0.15) is 9.84 Å². The number of hydrogen-bond donors (Lipinski definition) is 1. The van der Waals surface area contributed by atoms with Crippen LogP contribution >= 0.6 is 0 Å². The molecular weight excluding hydrogens is 272 g/mol. The monoisotopic (exact) mass is 302 g/mol. The molecule has 118 valence electrons. The van der Waals surface area contributed by atoms with E-state index in [9.17, 15) is 8.42 Å². The van der Waals surface area contributed by atoms with E-state index < -0.39 is 9.84 Å². The Morgan fingerprint density at radius 1 is 1.15 bits per heavy atom. The highest BCUT2D eigenvalue weighted by molar-refractivity contribution is 7.91. The van der Waals surface area contributed by atoms with Crippen molar-refractivity contribution >= 4 is 9.84 Å². The maximum absolute atomic E-state index is 11.4. The van der Waals surface area contributed by atoms with E-state index in [2.05, 4.69) is 24.1 Å². The van der Waals surface area contributed by atoms with E-state index in [1.165, 1.54) is 38.9 Å². The highest BCUT2D eigenvalue weighted by Gasteiger charge is 2.28. The number of hydrogen-bond acceptors (Lipinski definition) is 4. The number of nitrogens with one attached hydrogen (secondary N) is 1. The Morgan fingerprint density at radius 2 is 1.75 bits per heavy atom. The summed E-state index contributed by atoms with van der Waals surface area (Å²) in [6.07, 6.45) is 5.39. The molecule has 2 aliphatic rings. The Bertz CT molecular complexity index is 375. The van der Waals surface area contributed by atoms with Crippen LogP contribution in [0.1, 0.15) is 46.0 Å². The normalized spacial score (nSPS) is 27.5. The minimum atomic E-state index is -2.74. The van der Waals surface area contributed by atoms with Crippen LogP contribution in [0, 0.1) is 5.92 Å². The second kappa shape index (κ2) is 7.23. The molecule has 0 saturated carbocycles. The quantitative estimate of drug-likeness (QED) is 0.839. The van der Waals surface area contributed by atoms with E-state index in [1.807, 2.05) is 0 Å². The molecule has 2 fully saturated rings. The molecule has 0 aromatic rings. The molecule has 0 aliphatic carbocycles. The SMILES string of the molecule is CCCN1CCC(C(C)NC2CCS(=O)(=O)CC2)CC1. The first-order valence-electron chi connectivity index (χ1n) is 8.19. The standard InChI is InChI=1S/C15H30N2O2S/c1-3-8-17-9-4-14(5-10-17)13(2)16-15-6-11-20(18,19)12-7-15/h13-16H,3-12H2,1-2H3. The predicted molar refractivity (Wildman–Crippen MR) is 83.7 cm³/mol. The van der Waals surface area contributed by atoms with E-state index >= 15 is 0 Å². The highest BCUT2D eigenvalue weighted by Crippen LogP contribution is 2.22. The smallest absolute Gasteiger partial charge is 0.150 e. The Hall–Kier alpha value is -0.130. The zero-order valence-corrected chi connectivity index (χ0v) is 13.8. The average Bonchev–Trinajstić information content (AvgIpc) is 2.42. The van der Waals surface area contributed by atoms with Gasteiger partial charge in [-0.1, -0.05) is 6.92 Å². The van der Waals surface area contributed by atoms with Crippen LogP contribution in [-0.2, 0) is 9.84 Å². The second-order valence-corrected chi connectivity index (χ2v) is 8.86. The molecule has 1 atom stereocenters. The summed E-state index contributed by atoms with van der Waals surface area (Å²) in [7, 11) is -2.74. The van der Waals surface area contributed by atoms with E-state index in [4.69, 9.17) is 0 Å². The minimum Gasteiger partial charge on any atom is -0.311 e. The van der Waals surface area contributed by atoms with E-state index in [0.29, 0.717) is 23.6 Å². The lowest BCUT2D eigenvalue weighted by Gasteiger charge is -2.37. The molecule has 2 heterocycles. The second-order valence-electron chi connectivity index (χ2n) is 6.56. The molecule has 20 heavy (non-hydrogen) atoms. The fourth-order valence-corrected chi connectivity index (χ4v) is 5.05. The summed E-state index contributed by atoms with van der Waals surface area (Å²) in [5, 5.41) is 3.69. The number of nitrogens with zero attached hydrogens (tertiary/aromatic N) is 1.